The molecule has 0 aliphatic heterocycles. The molecule has 3 rings (SSSR count). The number of aryl methyl sites for hydroxylation is 1. The number of aromatic nitrogens is 1. The molecule has 0 aliphatic rings. The normalized spacial score (nSPS) is 11.8. The van der Waals surface area contributed by atoms with Gasteiger partial charge in [-0.25, -0.2) is 4.39 Å². The Morgan fingerprint density at radius 1 is 1.15 bits per heavy atom. The van der Waals surface area contributed by atoms with Crippen molar-refractivity contribution < 1.29 is 9.18 Å². The Balaban J connectivity index is 2.10. The number of amides is 1. The van der Waals surface area contributed by atoms with E-state index in [2.05, 4.69) is 4.99 Å². The first-order valence-electron chi connectivity index (χ1n) is 7.91. The zero-order valence-electron chi connectivity index (χ0n) is 14.1. The van der Waals surface area contributed by atoms with E-state index in [0.29, 0.717) is 27.0 Å². The van der Waals surface area contributed by atoms with Crippen molar-refractivity contribution in [3.05, 3.63) is 73.6 Å². The van der Waals surface area contributed by atoms with Crippen LogP contribution in [0.2, 0.25) is 10.0 Å². The molecule has 26 heavy (non-hydrogen) atoms. The first-order chi connectivity index (χ1) is 12.4. The van der Waals surface area contributed by atoms with Crippen molar-refractivity contribution in [1.29, 1.82) is 0 Å². The molecule has 1 amide bonds. The van der Waals surface area contributed by atoms with E-state index >= 15 is 0 Å². The first kappa shape index (κ1) is 18.8. The van der Waals surface area contributed by atoms with Crippen LogP contribution in [0.5, 0.6) is 0 Å². The number of thiazole rings is 1. The predicted octanol–water partition coefficient (Wildman–Crippen LogP) is 5.73. The fourth-order valence-electron chi connectivity index (χ4n) is 2.65. The molecule has 0 atom stereocenters. The van der Waals surface area contributed by atoms with Gasteiger partial charge in [-0.2, -0.15) is 4.99 Å². The number of halogens is 3. The fourth-order valence-corrected chi connectivity index (χ4v) is 4.00. The van der Waals surface area contributed by atoms with Gasteiger partial charge in [0.05, 0.1) is 15.7 Å². The van der Waals surface area contributed by atoms with Crippen molar-refractivity contribution in [1.82, 2.24) is 4.57 Å². The summed E-state index contributed by atoms with van der Waals surface area (Å²) < 4.78 is 15.0. The van der Waals surface area contributed by atoms with Crippen LogP contribution in [0.4, 0.5) is 4.39 Å². The summed E-state index contributed by atoms with van der Waals surface area (Å²) in [5.74, 6) is -0.798. The molecule has 0 radical (unpaired) electrons. The number of benzene rings is 2. The molecule has 7 heteroatoms. The summed E-state index contributed by atoms with van der Waals surface area (Å²) in [6.07, 6.45) is 0. The van der Waals surface area contributed by atoms with Crippen LogP contribution in [0.25, 0.3) is 11.3 Å². The molecule has 1 heterocycles. The summed E-state index contributed by atoms with van der Waals surface area (Å²) in [5, 5.41) is 0.959. The maximum absolute atomic E-state index is 13.0. The van der Waals surface area contributed by atoms with Crippen molar-refractivity contribution in [2.24, 2.45) is 4.99 Å². The molecular weight excluding hydrogens is 394 g/mol. The lowest BCUT2D eigenvalue weighted by molar-refractivity contribution is 0.0998. The van der Waals surface area contributed by atoms with Crippen LogP contribution >= 0.6 is 34.5 Å². The number of carbonyl (C=O) groups is 1. The van der Waals surface area contributed by atoms with Crippen LogP contribution in [-0.2, 0) is 6.54 Å². The molecule has 0 saturated heterocycles. The molecule has 0 spiro atoms. The van der Waals surface area contributed by atoms with Crippen LogP contribution in [0, 0.1) is 12.7 Å². The molecule has 0 unspecified atom stereocenters. The highest BCUT2D eigenvalue weighted by atomic mass is 35.5. The third kappa shape index (κ3) is 3.75. The van der Waals surface area contributed by atoms with Gasteiger partial charge in [-0.15, -0.1) is 11.3 Å². The Labute approximate surface area is 164 Å². The SMILES string of the molecule is CCn1c(-c2ccc(Cl)c(Cl)c2)c(C)sc1=NC(=O)c1ccc(F)cc1. The van der Waals surface area contributed by atoms with E-state index in [0.717, 1.165) is 16.1 Å². The van der Waals surface area contributed by atoms with E-state index in [4.69, 9.17) is 23.2 Å². The number of carbonyl (C=O) groups excluding carboxylic acids is 1. The molecule has 2 aromatic carbocycles. The Bertz CT molecular complexity index is 1040. The molecule has 0 fully saturated rings. The van der Waals surface area contributed by atoms with Gasteiger partial charge in [0.1, 0.15) is 5.82 Å². The Kier molecular flexibility index (Phi) is 5.61. The zero-order valence-corrected chi connectivity index (χ0v) is 16.4. The standard InChI is InChI=1S/C19H15Cl2FN2OS/c1-3-24-17(13-6-9-15(20)16(21)10-13)11(2)26-19(24)23-18(25)12-4-7-14(22)8-5-12/h4-10H,3H2,1-2H3. The molecule has 1 aromatic heterocycles. The van der Waals surface area contributed by atoms with E-state index in [-0.39, 0.29) is 5.82 Å². The first-order valence-corrected chi connectivity index (χ1v) is 9.48. The minimum atomic E-state index is -0.408. The van der Waals surface area contributed by atoms with E-state index in [1.807, 2.05) is 24.5 Å². The second-order valence-corrected chi connectivity index (χ2v) is 7.58. The Morgan fingerprint density at radius 3 is 2.46 bits per heavy atom. The van der Waals surface area contributed by atoms with Crippen LogP contribution in [0.15, 0.2) is 47.5 Å². The lowest BCUT2D eigenvalue weighted by Crippen LogP contribution is -2.17. The van der Waals surface area contributed by atoms with Gasteiger partial charge in [-0.3, -0.25) is 4.79 Å². The second kappa shape index (κ2) is 7.74. The summed E-state index contributed by atoms with van der Waals surface area (Å²) in [6.45, 7) is 4.58. The van der Waals surface area contributed by atoms with Gasteiger partial charge in [0, 0.05) is 22.5 Å². The monoisotopic (exact) mass is 408 g/mol. The van der Waals surface area contributed by atoms with Crippen molar-refractivity contribution in [3.8, 4) is 11.3 Å². The average molecular weight is 409 g/mol. The van der Waals surface area contributed by atoms with Crippen LogP contribution in [0.3, 0.4) is 0 Å². The molecule has 0 aliphatic carbocycles. The molecule has 0 bridgehead atoms. The quantitative estimate of drug-likeness (QED) is 0.544. The van der Waals surface area contributed by atoms with Gasteiger partial charge in [-0.05, 0) is 50.2 Å². The van der Waals surface area contributed by atoms with Crippen molar-refractivity contribution in [2.75, 3.05) is 0 Å². The molecule has 3 aromatic rings. The lowest BCUT2D eigenvalue weighted by atomic mass is 10.1. The zero-order chi connectivity index (χ0) is 18.8. The number of hydrogen-bond donors (Lipinski definition) is 0. The van der Waals surface area contributed by atoms with Crippen LogP contribution in [0.1, 0.15) is 22.2 Å². The van der Waals surface area contributed by atoms with E-state index in [1.54, 1.807) is 12.1 Å². The molecular formula is C19H15Cl2FN2OS. The van der Waals surface area contributed by atoms with E-state index in [1.165, 1.54) is 35.6 Å². The largest absolute Gasteiger partial charge is 0.316 e. The Hall–Kier alpha value is -1.95. The summed E-state index contributed by atoms with van der Waals surface area (Å²) in [4.78, 5) is 18.2. The van der Waals surface area contributed by atoms with Crippen molar-refractivity contribution in [3.63, 3.8) is 0 Å². The van der Waals surface area contributed by atoms with Gasteiger partial charge < -0.3 is 4.57 Å². The third-order valence-corrected chi connectivity index (χ3v) is 5.61. The maximum Gasteiger partial charge on any atom is 0.279 e. The Morgan fingerprint density at radius 2 is 1.85 bits per heavy atom. The summed E-state index contributed by atoms with van der Waals surface area (Å²) >= 11 is 13.6. The predicted molar refractivity (Wildman–Crippen MR) is 104 cm³/mol. The highest BCUT2D eigenvalue weighted by molar-refractivity contribution is 7.09. The number of rotatable bonds is 3. The van der Waals surface area contributed by atoms with Gasteiger partial charge in [-0.1, -0.05) is 29.3 Å². The second-order valence-electron chi connectivity index (χ2n) is 5.59. The van der Waals surface area contributed by atoms with E-state index < -0.39 is 5.91 Å². The minimum Gasteiger partial charge on any atom is -0.316 e. The molecule has 134 valence electrons. The van der Waals surface area contributed by atoms with Crippen molar-refractivity contribution >= 4 is 40.4 Å². The molecule has 3 nitrogen and oxygen atoms in total. The lowest BCUT2D eigenvalue weighted by Gasteiger charge is -2.08. The van der Waals surface area contributed by atoms with Crippen LogP contribution < -0.4 is 4.80 Å². The van der Waals surface area contributed by atoms with Crippen molar-refractivity contribution in [2.45, 2.75) is 20.4 Å². The average Bonchev–Trinajstić information content (AvgIpc) is 2.93. The molecule has 0 N–H and O–H groups in total. The van der Waals surface area contributed by atoms with Crippen LogP contribution in [-0.4, -0.2) is 10.5 Å². The fraction of sp³-hybridized carbons (Fsp3) is 0.158. The smallest absolute Gasteiger partial charge is 0.279 e. The third-order valence-electron chi connectivity index (χ3n) is 3.88. The summed E-state index contributed by atoms with van der Waals surface area (Å²) in [5.41, 5.74) is 2.20. The van der Waals surface area contributed by atoms with Gasteiger partial charge in [0.25, 0.3) is 5.91 Å². The topological polar surface area (TPSA) is 34.4 Å². The minimum absolute atomic E-state index is 0.344. The highest BCUT2D eigenvalue weighted by Gasteiger charge is 2.14. The molecule has 0 saturated carbocycles. The summed E-state index contributed by atoms with van der Waals surface area (Å²) in [6, 6.07) is 10.8. The number of nitrogens with zero attached hydrogens (tertiary/aromatic N) is 2. The van der Waals surface area contributed by atoms with Gasteiger partial charge in [0.15, 0.2) is 4.80 Å². The van der Waals surface area contributed by atoms with E-state index in [9.17, 15) is 9.18 Å². The highest BCUT2D eigenvalue weighted by Crippen LogP contribution is 2.31. The summed E-state index contributed by atoms with van der Waals surface area (Å²) in [7, 11) is 0. The maximum atomic E-state index is 13.0. The van der Waals surface area contributed by atoms with Gasteiger partial charge >= 0.3 is 0 Å². The number of hydrogen-bond acceptors (Lipinski definition) is 2. The van der Waals surface area contributed by atoms with Gasteiger partial charge in [0.2, 0.25) is 0 Å².